The van der Waals surface area contributed by atoms with Gasteiger partial charge in [-0.15, -0.1) is 11.8 Å². The van der Waals surface area contributed by atoms with Crippen LogP contribution in [0.15, 0.2) is 12.1 Å². The van der Waals surface area contributed by atoms with E-state index >= 15 is 0 Å². The number of carboxylic acid groups (broad SMARTS) is 1. The van der Waals surface area contributed by atoms with Crippen LogP contribution >= 0.6 is 23.4 Å². The fourth-order valence-electron chi connectivity index (χ4n) is 1.45. The Morgan fingerprint density at radius 1 is 1.32 bits per heavy atom. The van der Waals surface area contributed by atoms with Crippen LogP contribution in [0.5, 0.6) is 0 Å². The standard InChI is InChI=1S/C13H16ClNO3S/c1-8-5-10(11(14)6-9(8)2)13(18)15-3-4-19-7-12(16)17/h5-6H,3-4,7H2,1-2H3,(H,15,18)(H,16,17). The van der Waals surface area contributed by atoms with Crippen molar-refractivity contribution in [1.82, 2.24) is 5.32 Å². The van der Waals surface area contributed by atoms with Gasteiger partial charge in [-0.2, -0.15) is 0 Å². The van der Waals surface area contributed by atoms with E-state index in [-0.39, 0.29) is 11.7 Å². The molecule has 1 amide bonds. The Kier molecular flexibility index (Phi) is 6.18. The quantitative estimate of drug-likeness (QED) is 0.792. The normalized spacial score (nSPS) is 10.3. The molecule has 1 rings (SSSR count). The Balaban J connectivity index is 2.50. The SMILES string of the molecule is Cc1cc(Cl)c(C(=O)NCCSCC(=O)O)cc1C. The van der Waals surface area contributed by atoms with Crippen molar-refractivity contribution >= 4 is 35.2 Å². The number of hydrogen-bond donors (Lipinski definition) is 2. The lowest BCUT2D eigenvalue weighted by Crippen LogP contribution is -2.26. The third-order valence-electron chi connectivity index (χ3n) is 2.59. The molecule has 0 aliphatic carbocycles. The minimum Gasteiger partial charge on any atom is -0.481 e. The number of halogens is 1. The third kappa shape index (κ3) is 5.12. The maximum absolute atomic E-state index is 11.9. The molecule has 0 aliphatic heterocycles. The van der Waals surface area contributed by atoms with Gasteiger partial charge in [-0.3, -0.25) is 9.59 Å². The summed E-state index contributed by atoms with van der Waals surface area (Å²) in [6.07, 6.45) is 0. The van der Waals surface area contributed by atoms with E-state index < -0.39 is 5.97 Å². The van der Waals surface area contributed by atoms with Gasteiger partial charge in [-0.05, 0) is 37.1 Å². The molecule has 0 aliphatic rings. The van der Waals surface area contributed by atoms with Gasteiger partial charge in [-0.1, -0.05) is 11.6 Å². The monoisotopic (exact) mass is 301 g/mol. The molecule has 6 heteroatoms. The fraction of sp³-hybridized carbons (Fsp3) is 0.385. The smallest absolute Gasteiger partial charge is 0.313 e. The minimum absolute atomic E-state index is 0.0419. The molecular weight excluding hydrogens is 286 g/mol. The molecule has 0 atom stereocenters. The average Bonchev–Trinajstić information content (AvgIpc) is 2.32. The van der Waals surface area contributed by atoms with Crippen LogP contribution in [0.2, 0.25) is 5.02 Å². The van der Waals surface area contributed by atoms with E-state index in [0.717, 1.165) is 11.1 Å². The summed E-state index contributed by atoms with van der Waals surface area (Å²) in [5, 5.41) is 11.6. The van der Waals surface area contributed by atoms with Crippen LogP contribution in [0.3, 0.4) is 0 Å². The number of carboxylic acids is 1. The van der Waals surface area contributed by atoms with Crippen molar-refractivity contribution in [2.24, 2.45) is 0 Å². The second-order valence-corrected chi connectivity index (χ2v) is 5.63. The van der Waals surface area contributed by atoms with Crippen LogP contribution in [-0.4, -0.2) is 35.0 Å². The summed E-state index contributed by atoms with van der Waals surface area (Å²) in [7, 11) is 0. The maximum atomic E-state index is 11.9. The van der Waals surface area contributed by atoms with Gasteiger partial charge in [-0.25, -0.2) is 0 Å². The molecular formula is C13H16ClNO3S. The average molecular weight is 302 g/mol. The van der Waals surface area contributed by atoms with E-state index in [0.29, 0.717) is 22.9 Å². The van der Waals surface area contributed by atoms with Crippen LogP contribution in [0.4, 0.5) is 0 Å². The molecule has 0 radical (unpaired) electrons. The van der Waals surface area contributed by atoms with Crippen LogP contribution in [0.1, 0.15) is 21.5 Å². The van der Waals surface area contributed by atoms with Crippen molar-refractivity contribution in [3.63, 3.8) is 0 Å². The molecule has 0 spiro atoms. The van der Waals surface area contributed by atoms with Crippen LogP contribution in [0, 0.1) is 13.8 Å². The number of aryl methyl sites for hydroxylation is 2. The summed E-state index contributed by atoms with van der Waals surface area (Å²) in [5.41, 5.74) is 2.50. The molecule has 2 N–H and O–H groups in total. The summed E-state index contributed by atoms with van der Waals surface area (Å²) < 4.78 is 0. The second kappa shape index (κ2) is 7.40. The van der Waals surface area contributed by atoms with Crippen LogP contribution in [-0.2, 0) is 4.79 Å². The highest BCUT2D eigenvalue weighted by Gasteiger charge is 2.11. The van der Waals surface area contributed by atoms with E-state index in [2.05, 4.69) is 5.32 Å². The van der Waals surface area contributed by atoms with Crippen molar-refractivity contribution in [2.75, 3.05) is 18.1 Å². The molecule has 1 aromatic rings. The Labute approximate surface area is 121 Å². The van der Waals surface area contributed by atoms with Gasteiger partial charge in [0.1, 0.15) is 0 Å². The van der Waals surface area contributed by atoms with Crippen molar-refractivity contribution in [3.8, 4) is 0 Å². The van der Waals surface area contributed by atoms with Gasteiger partial charge in [0.05, 0.1) is 16.3 Å². The fourth-order valence-corrected chi connectivity index (χ4v) is 2.32. The number of rotatable bonds is 6. The number of carbonyl (C=O) groups is 2. The summed E-state index contributed by atoms with van der Waals surface area (Å²) in [5.74, 6) is -0.488. The lowest BCUT2D eigenvalue weighted by atomic mass is 10.1. The molecule has 0 saturated carbocycles. The van der Waals surface area contributed by atoms with Gasteiger partial charge in [0.25, 0.3) is 5.91 Å². The summed E-state index contributed by atoms with van der Waals surface area (Å²) in [4.78, 5) is 22.2. The molecule has 0 unspecified atom stereocenters. The predicted molar refractivity (Wildman–Crippen MR) is 78.2 cm³/mol. The molecule has 0 aromatic heterocycles. The largest absolute Gasteiger partial charge is 0.481 e. The molecule has 0 heterocycles. The zero-order chi connectivity index (χ0) is 14.4. The van der Waals surface area contributed by atoms with E-state index in [1.165, 1.54) is 11.8 Å². The van der Waals surface area contributed by atoms with Crippen molar-refractivity contribution in [3.05, 3.63) is 33.8 Å². The van der Waals surface area contributed by atoms with Gasteiger partial charge in [0, 0.05) is 12.3 Å². The van der Waals surface area contributed by atoms with Crippen molar-refractivity contribution in [2.45, 2.75) is 13.8 Å². The number of carbonyl (C=O) groups excluding carboxylic acids is 1. The molecule has 4 nitrogen and oxygen atoms in total. The lowest BCUT2D eigenvalue weighted by molar-refractivity contribution is -0.133. The summed E-state index contributed by atoms with van der Waals surface area (Å²) in [6, 6.07) is 3.53. The maximum Gasteiger partial charge on any atom is 0.313 e. The molecule has 0 saturated heterocycles. The molecule has 0 fully saturated rings. The summed E-state index contributed by atoms with van der Waals surface area (Å²) >= 11 is 7.30. The van der Waals surface area contributed by atoms with Gasteiger partial charge in [0.15, 0.2) is 0 Å². The molecule has 0 bridgehead atoms. The molecule has 1 aromatic carbocycles. The number of thioether (sulfide) groups is 1. The van der Waals surface area contributed by atoms with Crippen molar-refractivity contribution in [1.29, 1.82) is 0 Å². The van der Waals surface area contributed by atoms with Crippen LogP contribution < -0.4 is 5.32 Å². The highest BCUT2D eigenvalue weighted by Crippen LogP contribution is 2.20. The third-order valence-corrected chi connectivity index (χ3v) is 3.84. The first-order valence-electron chi connectivity index (χ1n) is 5.76. The van der Waals surface area contributed by atoms with Gasteiger partial charge >= 0.3 is 5.97 Å². The number of aliphatic carboxylic acids is 1. The number of nitrogens with one attached hydrogen (secondary N) is 1. The summed E-state index contributed by atoms with van der Waals surface area (Å²) in [6.45, 7) is 4.27. The second-order valence-electron chi connectivity index (χ2n) is 4.12. The topological polar surface area (TPSA) is 66.4 Å². The highest BCUT2D eigenvalue weighted by molar-refractivity contribution is 7.99. The van der Waals surface area contributed by atoms with E-state index in [9.17, 15) is 9.59 Å². The Morgan fingerprint density at radius 3 is 2.58 bits per heavy atom. The zero-order valence-corrected chi connectivity index (χ0v) is 12.4. The number of benzene rings is 1. The van der Waals surface area contributed by atoms with Gasteiger partial charge < -0.3 is 10.4 Å². The Morgan fingerprint density at radius 2 is 1.95 bits per heavy atom. The van der Waals surface area contributed by atoms with E-state index in [4.69, 9.17) is 16.7 Å². The predicted octanol–water partition coefficient (Wildman–Crippen LogP) is 2.50. The van der Waals surface area contributed by atoms with Crippen LogP contribution in [0.25, 0.3) is 0 Å². The van der Waals surface area contributed by atoms with E-state index in [1.54, 1.807) is 12.1 Å². The zero-order valence-electron chi connectivity index (χ0n) is 10.8. The number of amides is 1. The Hall–Kier alpha value is -1.20. The van der Waals surface area contributed by atoms with Crippen molar-refractivity contribution < 1.29 is 14.7 Å². The number of hydrogen-bond acceptors (Lipinski definition) is 3. The first kappa shape index (κ1) is 15.9. The Bertz CT molecular complexity index is 491. The highest BCUT2D eigenvalue weighted by atomic mass is 35.5. The molecule has 19 heavy (non-hydrogen) atoms. The van der Waals surface area contributed by atoms with E-state index in [1.807, 2.05) is 13.8 Å². The first-order valence-corrected chi connectivity index (χ1v) is 7.29. The van der Waals surface area contributed by atoms with Gasteiger partial charge in [0.2, 0.25) is 0 Å². The molecule has 104 valence electrons. The first-order chi connectivity index (χ1) is 8.91. The lowest BCUT2D eigenvalue weighted by Gasteiger charge is -2.09. The minimum atomic E-state index is -0.853.